The van der Waals surface area contributed by atoms with Gasteiger partial charge in [-0.1, -0.05) is 30.3 Å². The van der Waals surface area contributed by atoms with E-state index in [0.717, 1.165) is 15.0 Å². The molecule has 0 bridgehead atoms. The van der Waals surface area contributed by atoms with E-state index >= 15 is 0 Å². The van der Waals surface area contributed by atoms with E-state index in [1.165, 1.54) is 23.0 Å². The molecule has 1 aromatic carbocycles. The van der Waals surface area contributed by atoms with E-state index in [9.17, 15) is 9.59 Å². The predicted molar refractivity (Wildman–Crippen MR) is 104 cm³/mol. The number of thiophene rings is 1. The summed E-state index contributed by atoms with van der Waals surface area (Å²) in [6, 6.07) is 15.4. The zero-order chi connectivity index (χ0) is 19.1. The molecule has 0 saturated carbocycles. The van der Waals surface area contributed by atoms with Gasteiger partial charge in [-0.3, -0.25) is 13.9 Å². The van der Waals surface area contributed by atoms with Gasteiger partial charge in [0.15, 0.2) is 17.0 Å². The fraction of sp³-hybridized carbons (Fsp3) is 0.158. The van der Waals surface area contributed by atoms with Crippen LogP contribution in [0.2, 0.25) is 0 Å². The van der Waals surface area contributed by atoms with Crippen LogP contribution in [0.15, 0.2) is 52.1 Å². The lowest BCUT2D eigenvalue weighted by molar-refractivity contribution is 0.689. The van der Waals surface area contributed by atoms with Crippen LogP contribution in [-0.2, 0) is 20.6 Å². The highest BCUT2D eigenvalue weighted by Gasteiger charge is 2.21. The molecule has 134 valence electrons. The molecule has 0 saturated heterocycles. The third-order valence-electron chi connectivity index (χ3n) is 4.46. The molecule has 8 heteroatoms. The van der Waals surface area contributed by atoms with Crippen molar-refractivity contribution in [3.63, 3.8) is 0 Å². The molecular formula is C19H15N5O2S. The molecule has 27 heavy (non-hydrogen) atoms. The molecule has 0 amide bonds. The number of imidazole rings is 1. The minimum absolute atomic E-state index is 0.234. The van der Waals surface area contributed by atoms with Gasteiger partial charge < -0.3 is 4.57 Å². The first-order valence-corrected chi connectivity index (χ1v) is 9.03. The van der Waals surface area contributed by atoms with Crippen LogP contribution in [0.5, 0.6) is 0 Å². The molecule has 3 aromatic heterocycles. The predicted octanol–water partition coefficient (Wildman–Crippen LogP) is 2.08. The number of nitrogens with zero attached hydrogens (tertiary/aromatic N) is 5. The van der Waals surface area contributed by atoms with E-state index in [1.54, 1.807) is 13.1 Å². The quantitative estimate of drug-likeness (QED) is 0.547. The maximum Gasteiger partial charge on any atom is 0.332 e. The maximum atomic E-state index is 12.6. The molecule has 0 aliphatic rings. The third kappa shape index (κ3) is 2.69. The summed E-state index contributed by atoms with van der Waals surface area (Å²) in [5, 5.41) is 9.14. The fourth-order valence-corrected chi connectivity index (χ4v) is 3.91. The van der Waals surface area contributed by atoms with Crippen molar-refractivity contribution in [2.24, 2.45) is 14.1 Å². The summed E-state index contributed by atoms with van der Waals surface area (Å²) in [4.78, 5) is 31.0. The van der Waals surface area contributed by atoms with Gasteiger partial charge in [0.1, 0.15) is 10.9 Å². The van der Waals surface area contributed by atoms with E-state index in [-0.39, 0.29) is 5.52 Å². The Morgan fingerprint density at radius 3 is 2.48 bits per heavy atom. The van der Waals surface area contributed by atoms with Gasteiger partial charge in [-0.05, 0) is 17.7 Å². The van der Waals surface area contributed by atoms with Gasteiger partial charge in [-0.25, -0.2) is 9.78 Å². The molecule has 0 fully saturated rings. The van der Waals surface area contributed by atoms with Crippen molar-refractivity contribution in [2.75, 3.05) is 0 Å². The average molecular weight is 377 g/mol. The minimum atomic E-state index is -0.432. The third-order valence-corrected chi connectivity index (χ3v) is 5.45. The van der Waals surface area contributed by atoms with Crippen LogP contribution in [-0.4, -0.2) is 18.7 Å². The lowest BCUT2D eigenvalue weighted by Gasteiger charge is -2.11. The minimum Gasteiger partial charge on any atom is -0.305 e. The monoisotopic (exact) mass is 377 g/mol. The first kappa shape index (κ1) is 17.0. The van der Waals surface area contributed by atoms with Crippen LogP contribution in [0.4, 0.5) is 0 Å². The second kappa shape index (κ2) is 6.37. The summed E-state index contributed by atoms with van der Waals surface area (Å²) in [6.45, 7) is 0.451. The molecular weight excluding hydrogens is 362 g/mol. The van der Waals surface area contributed by atoms with Crippen molar-refractivity contribution in [3.8, 4) is 16.8 Å². The lowest BCUT2D eigenvalue weighted by atomic mass is 10.2. The van der Waals surface area contributed by atoms with Crippen molar-refractivity contribution < 1.29 is 0 Å². The molecule has 0 atom stereocenters. The zero-order valence-corrected chi connectivity index (χ0v) is 15.5. The number of rotatable bonds is 3. The first-order chi connectivity index (χ1) is 13.0. The van der Waals surface area contributed by atoms with Crippen LogP contribution in [0, 0.1) is 11.3 Å². The Bertz CT molecular complexity index is 1320. The standard InChI is InChI=1S/C19H15N5O2S/c1-22-17-15(18(25)23(2)19(22)26)21-16(14-9-8-13(10-20)27-14)24(17)11-12-6-4-3-5-7-12/h3-9H,11H2,1-2H3. The smallest absolute Gasteiger partial charge is 0.305 e. The number of benzene rings is 1. The second-order valence-electron chi connectivity index (χ2n) is 6.16. The van der Waals surface area contributed by atoms with Gasteiger partial charge >= 0.3 is 5.69 Å². The number of aryl methyl sites for hydroxylation is 1. The molecule has 0 aliphatic carbocycles. The van der Waals surface area contributed by atoms with Crippen molar-refractivity contribution in [3.05, 3.63) is 73.7 Å². The number of fused-ring (bicyclic) bond motifs is 1. The number of hydrogen-bond acceptors (Lipinski definition) is 5. The Hall–Kier alpha value is -3.44. The average Bonchev–Trinajstić information content (AvgIpc) is 3.30. The Labute approximate surface area is 158 Å². The Balaban J connectivity index is 2.07. The zero-order valence-electron chi connectivity index (χ0n) is 14.7. The van der Waals surface area contributed by atoms with E-state index in [1.807, 2.05) is 41.0 Å². The van der Waals surface area contributed by atoms with Crippen molar-refractivity contribution in [1.82, 2.24) is 18.7 Å². The summed E-state index contributed by atoms with van der Waals surface area (Å²) < 4.78 is 4.36. The lowest BCUT2D eigenvalue weighted by Crippen LogP contribution is -2.37. The highest BCUT2D eigenvalue weighted by atomic mass is 32.1. The maximum absolute atomic E-state index is 12.6. The van der Waals surface area contributed by atoms with Crippen LogP contribution in [0.1, 0.15) is 10.4 Å². The molecule has 0 aliphatic heterocycles. The molecule has 3 heterocycles. The van der Waals surface area contributed by atoms with Gasteiger partial charge in [-0.15, -0.1) is 11.3 Å². The molecule has 0 N–H and O–H groups in total. The molecule has 4 rings (SSSR count). The van der Waals surface area contributed by atoms with Crippen LogP contribution < -0.4 is 11.2 Å². The highest BCUT2D eigenvalue weighted by Crippen LogP contribution is 2.29. The van der Waals surface area contributed by atoms with E-state index in [2.05, 4.69) is 11.1 Å². The molecule has 0 unspecified atom stereocenters. The van der Waals surface area contributed by atoms with Crippen molar-refractivity contribution in [1.29, 1.82) is 5.26 Å². The topological polar surface area (TPSA) is 85.6 Å². The summed E-state index contributed by atoms with van der Waals surface area (Å²) in [7, 11) is 3.07. The van der Waals surface area contributed by atoms with E-state index < -0.39 is 11.2 Å². The van der Waals surface area contributed by atoms with Gasteiger partial charge in [-0.2, -0.15) is 5.26 Å². The highest BCUT2D eigenvalue weighted by molar-refractivity contribution is 7.15. The molecule has 4 aromatic rings. The summed E-state index contributed by atoms with van der Waals surface area (Å²) in [6.07, 6.45) is 0. The Morgan fingerprint density at radius 2 is 1.81 bits per heavy atom. The summed E-state index contributed by atoms with van der Waals surface area (Å²) in [5.41, 5.74) is 0.880. The van der Waals surface area contributed by atoms with Gasteiger partial charge in [0.05, 0.1) is 11.4 Å². The normalized spacial score (nSPS) is 11.0. The molecule has 0 radical (unpaired) electrons. The first-order valence-electron chi connectivity index (χ1n) is 8.21. The van der Waals surface area contributed by atoms with E-state index in [4.69, 9.17) is 5.26 Å². The second-order valence-corrected chi connectivity index (χ2v) is 7.24. The van der Waals surface area contributed by atoms with Crippen LogP contribution >= 0.6 is 11.3 Å². The summed E-state index contributed by atoms with van der Waals surface area (Å²) >= 11 is 1.31. The largest absolute Gasteiger partial charge is 0.332 e. The Kier molecular flexibility index (Phi) is 4.01. The van der Waals surface area contributed by atoms with Crippen molar-refractivity contribution >= 4 is 22.5 Å². The summed E-state index contributed by atoms with van der Waals surface area (Å²) in [5.74, 6) is 0.568. The van der Waals surface area contributed by atoms with Gasteiger partial charge in [0, 0.05) is 14.1 Å². The molecule has 7 nitrogen and oxygen atoms in total. The number of aromatic nitrogens is 4. The Morgan fingerprint density at radius 1 is 1.07 bits per heavy atom. The van der Waals surface area contributed by atoms with Crippen LogP contribution in [0.25, 0.3) is 21.9 Å². The van der Waals surface area contributed by atoms with E-state index in [0.29, 0.717) is 22.9 Å². The fourth-order valence-electron chi connectivity index (χ4n) is 3.11. The van der Waals surface area contributed by atoms with Crippen molar-refractivity contribution in [2.45, 2.75) is 6.54 Å². The molecule has 0 spiro atoms. The van der Waals surface area contributed by atoms with Crippen LogP contribution in [0.3, 0.4) is 0 Å². The van der Waals surface area contributed by atoms with Gasteiger partial charge in [0.25, 0.3) is 5.56 Å². The number of nitriles is 1. The number of hydrogen-bond donors (Lipinski definition) is 0. The SMILES string of the molecule is Cn1c(=O)c2nc(-c3ccc(C#N)s3)n(Cc3ccccc3)c2n(C)c1=O. The van der Waals surface area contributed by atoms with Gasteiger partial charge in [0.2, 0.25) is 0 Å².